The smallest absolute Gasteiger partial charge is 0.290 e. The van der Waals surface area contributed by atoms with Gasteiger partial charge in [0.05, 0.1) is 24.4 Å². The maximum absolute atomic E-state index is 13.1. The molecule has 1 aliphatic heterocycles. The third-order valence-corrected chi connectivity index (χ3v) is 5.10. The molecule has 2 aromatic carbocycles. The van der Waals surface area contributed by atoms with E-state index in [0.29, 0.717) is 16.3 Å². The summed E-state index contributed by atoms with van der Waals surface area (Å²) in [5.74, 6) is -1.10. The number of aliphatic hydroxyl groups is 1. The molecule has 0 radical (unpaired) electrons. The van der Waals surface area contributed by atoms with Crippen LogP contribution in [0.1, 0.15) is 22.9 Å². The second-order valence-electron chi connectivity index (χ2n) is 6.84. The van der Waals surface area contributed by atoms with Gasteiger partial charge in [-0.3, -0.25) is 9.59 Å². The number of furan rings is 1. The van der Waals surface area contributed by atoms with Crippen LogP contribution in [0, 0.1) is 0 Å². The lowest BCUT2D eigenvalue weighted by molar-refractivity contribution is -0.130. The molecular formula is C24H18ClNO4. The summed E-state index contributed by atoms with van der Waals surface area (Å²) in [5.41, 5.74) is 1.48. The van der Waals surface area contributed by atoms with Gasteiger partial charge in [-0.25, -0.2) is 0 Å². The molecule has 2 heterocycles. The van der Waals surface area contributed by atoms with Crippen LogP contribution in [0.4, 0.5) is 0 Å². The Morgan fingerprint density at radius 2 is 1.90 bits per heavy atom. The minimum absolute atomic E-state index is 0.0148. The first-order valence-electron chi connectivity index (χ1n) is 9.34. The van der Waals surface area contributed by atoms with Crippen molar-refractivity contribution in [2.75, 3.05) is 0 Å². The van der Waals surface area contributed by atoms with Crippen LogP contribution in [-0.4, -0.2) is 21.7 Å². The first-order chi connectivity index (χ1) is 14.5. The van der Waals surface area contributed by atoms with Crippen molar-refractivity contribution >= 4 is 29.4 Å². The van der Waals surface area contributed by atoms with Crippen LogP contribution in [0.3, 0.4) is 0 Å². The van der Waals surface area contributed by atoms with Crippen LogP contribution < -0.4 is 0 Å². The van der Waals surface area contributed by atoms with E-state index in [4.69, 9.17) is 16.0 Å². The number of carbonyl (C=O) groups is 2. The third-order valence-electron chi connectivity index (χ3n) is 4.87. The van der Waals surface area contributed by atoms with Gasteiger partial charge in [0.2, 0.25) is 0 Å². The zero-order valence-electron chi connectivity index (χ0n) is 15.9. The Bertz CT molecular complexity index is 1130. The van der Waals surface area contributed by atoms with Gasteiger partial charge in [-0.1, -0.05) is 60.1 Å². The van der Waals surface area contributed by atoms with E-state index >= 15 is 0 Å². The van der Waals surface area contributed by atoms with Crippen LogP contribution in [0.15, 0.2) is 94.8 Å². The number of aliphatic hydroxyl groups excluding tert-OH is 1. The molecule has 1 N–H and O–H groups in total. The lowest BCUT2D eigenvalue weighted by atomic mass is 9.95. The van der Waals surface area contributed by atoms with E-state index in [0.717, 1.165) is 5.56 Å². The fourth-order valence-electron chi connectivity index (χ4n) is 3.49. The topological polar surface area (TPSA) is 70.8 Å². The van der Waals surface area contributed by atoms with Gasteiger partial charge in [0.25, 0.3) is 5.91 Å². The van der Waals surface area contributed by atoms with E-state index in [1.807, 2.05) is 30.3 Å². The Morgan fingerprint density at radius 3 is 2.60 bits per heavy atom. The van der Waals surface area contributed by atoms with Gasteiger partial charge in [0, 0.05) is 5.02 Å². The molecule has 1 aliphatic rings. The summed E-state index contributed by atoms with van der Waals surface area (Å²) in [5, 5.41) is 11.1. The van der Waals surface area contributed by atoms with Crippen molar-refractivity contribution in [2.45, 2.75) is 12.6 Å². The molecule has 0 saturated heterocycles. The second kappa shape index (κ2) is 8.43. The summed E-state index contributed by atoms with van der Waals surface area (Å²) < 4.78 is 5.37. The molecule has 1 aromatic heterocycles. The molecule has 150 valence electrons. The van der Waals surface area contributed by atoms with E-state index in [-0.39, 0.29) is 12.1 Å². The van der Waals surface area contributed by atoms with Crippen LogP contribution in [0.2, 0.25) is 5.02 Å². The van der Waals surface area contributed by atoms with E-state index < -0.39 is 23.5 Å². The van der Waals surface area contributed by atoms with E-state index in [1.165, 1.54) is 17.2 Å². The maximum atomic E-state index is 13.1. The fourth-order valence-corrected chi connectivity index (χ4v) is 3.69. The van der Waals surface area contributed by atoms with Crippen molar-refractivity contribution in [1.82, 2.24) is 4.90 Å². The molecule has 30 heavy (non-hydrogen) atoms. The first kappa shape index (κ1) is 19.7. The van der Waals surface area contributed by atoms with Gasteiger partial charge in [-0.15, -0.1) is 0 Å². The Morgan fingerprint density at radius 1 is 1.10 bits per heavy atom. The molecule has 1 amide bonds. The predicted octanol–water partition coefficient (Wildman–Crippen LogP) is 5.11. The Hall–Kier alpha value is -3.57. The van der Waals surface area contributed by atoms with Gasteiger partial charge in [0.15, 0.2) is 11.5 Å². The van der Waals surface area contributed by atoms with E-state index in [2.05, 4.69) is 0 Å². The van der Waals surface area contributed by atoms with Gasteiger partial charge >= 0.3 is 0 Å². The number of halogens is 1. The maximum Gasteiger partial charge on any atom is 0.290 e. The highest BCUT2D eigenvalue weighted by Crippen LogP contribution is 2.39. The molecule has 1 atom stereocenters. The summed E-state index contributed by atoms with van der Waals surface area (Å²) >= 11 is 6.16. The van der Waals surface area contributed by atoms with Crippen LogP contribution in [0.5, 0.6) is 0 Å². The van der Waals surface area contributed by atoms with Crippen molar-refractivity contribution in [3.8, 4) is 0 Å². The van der Waals surface area contributed by atoms with Crippen molar-refractivity contribution in [3.63, 3.8) is 0 Å². The molecule has 4 rings (SSSR count). The lowest BCUT2D eigenvalue weighted by Gasteiger charge is -2.26. The van der Waals surface area contributed by atoms with E-state index in [1.54, 1.807) is 42.5 Å². The highest BCUT2D eigenvalue weighted by atomic mass is 35.5. The van der Waals surface area contributed by atoms with Gasteiger partial charge in [0.1, 0.15) is 5.76 Å². The Labute approximate surface area is 178 Å². The van der Waals surface area contributed by atoms with Crippen molar-refractivity contribution in [2.24, 2.45) is 0 Å². The van der Waals surface area contributed by atoms with Crippen molar-refractivity contribution in [1.29, 1.82) is 0 Å². The summed E-state index contributed by atoms with van der Waals surface area (Å²) in [6, 6.07) is 18.9. The monoisotopic (exact) mass is 419 g/mol. The minimum Gasteiger partial charge on any atom is -0.503 e. The molecule has 0 bridgehead atoms. The Kier molecular flexibility index (Phi) is 5.55. The molecule has 0 unspecified atom stereocenters. The number of amides is 1. The number of carbonyl (C=O) groups excluding carboxylic acids is 2. The minimum atomic E-state index is -0.783. The summed E-state index contributed by atoms with van der Waals surface area (Å²) in [6.07, 6.45) is 4.52. The number of hydrogen-bond acceptors (Lipinski definition) is 4. The zero-order valence-corrected chi connectivity index (χ0v) is 16.6. The highest BCUT2D eigenvalue weighted by molar-refractivity contribution is 6.30. The molecular weight excluding hydrogens is 402 g/mol. The number of benzene rings is 2. The largest absolute Gasteiger partial charge is 0.503 e. The molecule has 6 heteroatoms. The summed E-state index contributed by atoms with van der Waals surface area (Å²) in [7, 11) is 0. The highest BCUT2D eigenvalue weighted by Gasteiger charge is 2.43. The molecule has 0 fully saturated rings. The second-order valence-corrected chi connectivity index (χ2v) is 7.28. The normalized spacial score (nSPS) is 16.6. The molecule has 0 saturated carbocycles. The number of ketones is 1. The SMILES string of the molecule is O=C(/C=C/c1ccccc1)C1=C(O)C(=O)N(Cc2ccco2)[C@H]1c1cccc(Cl)c1. The number of rotatable bonds is 6. The van der Waals surface area contributed by atoms with Gasteiger partial charge < -0.3 is 14.4 Å². The first-order valence-corrected chi connectivity index (χ1v) is 9.72. The molecule has 0 spiro atoms. The Balaban J connectivity index is 1.73. The fraction of sp³-hybridized carbons (Fsp3) is 0.0833. The van der Waals surface area contributed by atoms with Crippen LogP contribution in [0.25, 0.3) is 6.08 Å². The predicted molar refractivity (Wildman–Crippen MR) is 114 cm³/mol. The number of hydrogen-bond donors (Lipinski definition) is 1. The van der Waals surface area contributed by atoms with Gasteiger partial charge in [-0.05, 0) is 41.5 Å². The number of nitrogens with zero attached hydrogens (tertiary/aromatic N) is 1. The van der Waals surface area contributed by atoms with Gasteiger partial charge in [-0.2, -0.15) is 0 Å². The van der Waals surface area contributed by atoms with Crippen molar-refractivity contribution < 1.29 is 19.1 Å². The lowest BCUT2D eigenvalue weighted by Crippen LogP contribution is -2.30. The average Bonchev–Trinajstić information content (AvgIpc) is 3.35. The van der Waals surface area contributed by atoms with Crippen molar-refractivity contribution in [3.05, 3.63) is 112 Å². The third kappa shape index (κ3) is 3.93. The quantitative estimate of drug-likeness (QED) is 0.563. The van der Waals surface area contributed by atoms with Crippen LogP contribution >= 0.6 is 11.6 Å². The molecule has 3 aromatic rings. The standard InChI is InChI=1S/C24H18ClNO4/c25-18-9-4-8-17(14-18)22-21(20(27)12-11-16-6-2-1-3-7-16)23(28)24(29)26(22)15-19-10-5-13-30-19/h1-14,22,28H,15H2/b12-11+/t22-/m0/s1. The van der Waals surface area contributed by atoms with Crippen LogP contribution in [-0.2, 0) is 16.1 Å². The number of allylic oxidation sites excluding steroid dienone is 1. The summed E-state index contributed by atoms with van der Waals surface area (Å²) in [6.45, 7) is 0.103. The molecule has 0 aliphatic carbocycles. The van der Waals surface area contributed by atoms with E-state index in [9.17, 15) is 14.7 Å². The average molecular weight is 420 g/mol. The molecule has 5 nitrogen and oxygen atoms in total. The zero-order chi connectivity index (χ0) is 21.1. The summed E-state index contributed by atoms with van der Waals surface area (Å²) in [4.78, 5) is 27.3.